The minimum absolute atomic E-state index is 0.0854. The molecule has 0 aliphatic carbocycles. The number of hydrogen-bond donors (Lipinski definition) is 1. The van der Waals surface area contributed by atoms with Crippen LogP contribution < -0.4 is 10.2 Å². The van der Waals surface area contributed by atoms with E-state index < -0.39 is 0 Å². The molecular weight excluding hydrogens is 232 g/mol. The van der Waals surface area contributed by atoms with Crippen LogP contribution in [0.3, 0.4) is 0 Å². The molecule has 0 unspecified atom stereocenters. The minimum atomic E-state index is -0.348. The van der Waals surface area contributed by atoms with Crippen LogP contribution in [0.25, 0.3) is 0 Å². The zero-order valence-electron chi connectivity index (χ0n) is 9.84. The zero-order chi connectivity index (χ0) is 13.1. The van der Waals surface area contributed by atoms with Gasteiger partial charge in [0.2, 0.25) is 5.91 Å². The lowest BCUT2D eigenvalue weighted by Gasteiger charge is -2.13. The monoisotopic (exact) mass is 244 g/mol. The van der Waals surface area contributed by atoms with Gasteiger partial charge in [0.05, 0.1) is 12.1 Å². The van der Waals surface area contributed by atoms with Gasteiger partial charge in [-0.3, -0.25) is 14.4 Å². The highest BCUT2D eigenvalue weighted by atomic mass is 16.2. The average molecular weight is 244 g/mol. The average Bonchev–Trinajstić information content (AvgIpc) is 2.70. The van der Waals surface area contributed by atoms with E-state index in [9.17, 15) is 14.4 Å². The van der Waals surface area contributed by atoms with E-state index in [1.54, 1.807) is 31.3 Å². The van der Waals surface area contributed by atoms with Gasteiger partial charge in [-0.25, -0.2) is 4.90 Å². The molecule has 0 saturated carbocycles. The van der Waals surface area contributed by atoms with Crippen molar-refractivity contribution in [3.63, 3.8) is 0 Å². The molecule has 0 atom stereocenters. The third kappa shape index (κ3) is 2.29. The van der Waals surface area contributed by atoms with Gasteiger partial charge in [0.15, 0.2) is 0 Å². The quantitative estimate of drug-likeness (QED) is 0.783. The van der Waals surface area contributed by atoms with Crippen molar-refractivity contribution in [2.45, 2.75) is 6.42 Å². The fraction of sp³-hybridized carbons (Fsp3) is 0.154. The molecule has 2 rings (SSSR count). The molecule has 18 heavy (non-hydrogen) atoms. The Morgan fingerprint density at radius 2 is 1.67 bits per heavy atom. The third-order valence-corrected chi connectivity index (χ3v) is 2.65. The van der Waals surface area contributed by atoms with E-state index in [0.717, 1.165) is 10.5 Å². The predicted octanol–water partition coefficient (Wildman–Crippen LogP) is 0.404. The van der Waals surface area contributed by atoms with Crippen molar-refractivity contribution < 1.29 is 14.4 Å². The Bertz CT molecular complexity index is 514. The molecule has 1 aliphatic heterocycles. The summed E-state index contributed by atoms with van der Waals surface area (Å²) in [4.78, 5) is 35.2. The van der Waals surface area contributed by atoms with E-state index in [2.05, 4.69) is 5.32 Å². The molecule has 0 fully saturated rings. The number of carbonyl (C=O) groups is 3. The highest BCUT2D eigenvalue weighted by molar-refractivity contribution is 6.28. The number of likely N-dealkylation sites (N-methyl/N-ethyl adjacent to an activating group) is 1. The van der Waals surface area contributed by atoms with E-state index in [-0.39, 0.29) is 24.1 Å². The van der Waals surface area contributed by atoms with Gasteiger partial charge in [-0.05, 0) is 17.7 Å². The fourth-order valence-electron chi connectivity index (χ4n) is 1.69. The summed E-state index contributed by atoms with van der Waals surface area (Å²) >= 11 is 0. The SMILES string of the molecule is CNC(=O)Cc1ccc(N2C(=O)C=CC2=O)cc1. The van der Waals surface area contributed by atoms with Crippen molar-refractivity contribution in [2.75, 3.05) is 11.9 Å². The van der Waals surface area contributed by atoms with Gasteiger partial charge in [0, 0.05) is 19.2 Å². The van der Waals surface area contributed by atoms with Crippen molar-refractivity contribution in [3.8, 4) is 0 Å². The van der Waals surface area contributed by atoms with Crippen LogP contribution in [-0.2, 0) is 20.8 Å². The number of rotatable bonds is 3. The molecule has 0 radical (unpaired) electrons. The lowest BCUT2D eigenvalue weighted by atomic mass is 10.1. The van der Waals surface area contributed by atoms with Crippen LogP contribution in [0.2, 0.25) is 0 Å². The maximum atomic E-state index is 11.4. The normalized spacial score (nSPS) is 14.2. The number of benzene rings is 1. The van der Waals surface area contributed by atoms with E-state index >= 15 is 0 Å². The summed E-state index contributed by atoms with van der Waals surface area (Å²) in [6.45, 7) is 0. The van der Waals surface area contributed by atoms with Gasteiger partial charge >= 0.3 is 0 Å². The molecule has 0 spiro atoms. The molecule has 5 heteroatoms. The first-order valence-corrected chi connectivity index (χ1v) is 5.47. The lowest BCUT2D eigenvalue weighted by Crippen LogP contribution is -2.29. The molecular formula is C13H12N2O3. The van der Waals surface area contributed by atoms with Gasteiger partial charge in [-0.15, -0.1) is 0 Å². The van der Waals surface area contributed by atoms with Crippen LogP contribution in [0, 0.1) is 0 Å². The first-order valence-electron chi connectivity index (χ1n) is 5.47. The van der Waals surface area contributed by atoms with Crippen LogP contribution in [0.4, 0.5) is 5.69 Å². The summed E-state index contributed by atoms with van der Waals surface area (Å²) in [5, 5.41) is 2.53. The Morgan fingerprint density at radius 3 is 2.17 bits per heavy atom. The minimum Gasteiger partial charge on any atom is -0.359 e. The number of nitrogens with one attached hydrogen (secondary N) is 1. The summed E-state index contributed by atoms with van der Waals surface area (Å²) in [6, 6.07) is 6.76. The van der Waals surface area contributed by atoms with Crippen molar-refractivity contribution in [1.82, 2.24) is 5.32 Å². The number of anilines is 1. The second kappa shape index (κ2) is 4.83. The molecule has 5 nitrogen and oxygen atoms in total. The highest BCUT2D eigenvalue weighted by Crippen LogP contribution is 2.19. The number of amides is 3. The van der Waals surface area contributed by atoms with Gasteiger partial charge in [-0.1, -0.05) is 12.1 Å². The number of carbonyl (C=O) groups excluding carboxylic acids is 3. The maximum absolute atomic E-state index is 11.4. The van der Waals surface area contributed by atoms with Gasteiger partial charge < -0.3 is 5.32 Å². The summed E-state index contributed by atoms with van der Waals surface area (Å²) in [7, 11) is 1.57. The Morgan fingerprint density at radius 1 is 1.11 bits per heavy atom. The molecule has 0 saturated heterocycles. The Kier molecular flexibility index (Phi) is 3.23. The summed E-state index contributed by atoms with van der Waals surface area (Å²) < 4.78 is 0. The Labute approximate surface area is 104 Å². The summed E-state index contributed by atoms with van der Waals surface area (Å²) in [6.07, 6.45) is 2.75. The predicted molar refractivity (Wildman–Crippen MR) is 65.8 cm³/mol. The van der Waals surface area contributed by atoms with E-state index in [0.29, 0.717) is 5.69 Å². The van der Waals surface area contributed by atoms with Crippen LogP contribution in [0.15, 0.2) is 36.4 Å². The second-order valence-electron chi connectivity index (χ2n) is 3.86. The largest absolute Gasteiger partial charge is 0.359 e. The molecule has 0 aromatic heterocycles. The van der Waals surface area contributed by atoms with Crippen LogP contribution in [0.1, 0.15) is 5.56 Å². The van der Waals surface area contributed by atoms with Gasteiger partial charge in [-0.2, -0.15) is 0 Å². The molecule has 1 aromatic carbocycles. The van der Waals surface area contributed by atoms with Crippen LogP contribution in [0.5, 0.6) is 0 Å². The summed E-state index contributed by atoms with van der Waals surface area (Å²) in [5.41, 5.74) is 1.33. The molecule has 1 heterocycles. The van der Waals surface area contributed by atoms with Gasteiger partial charge in [0.25, 0.3) is 11.8 Å². The van der Waals surface area contributed by atoms with E-state index in [1.807, 2.05) is 0 Å². The van der Waals surface area contributed by atoms with Crippen molar-refractivity contribution in [2.24, 2.45) is 0 Å². The first kappa shape index (κ1) is 12.0. The number of nitrogens with zero attached hydrogens (tertiary/aromatic N) is 1. The Hall–Kier alpha value is -2.43. The van der Waals surface area contributed by atoms with E-state index in [4.69, 9.17) is 0 Å². The van der Waals surface area contributed by atoms with Crippen molar-refractivity contribution in [3.05, 3.63) is 42.0 Å². The van der Waals surface area contributed by atoms with Crippen molar-refractivity contribution >= 4 is 23.4 Å². The summed E-state index contributed by atoms with van der Waals surface area (Å²) in [5.74, 6) is -0.782. The number of hydrogen-bond acceptors (Lipinski definition) is 3. The molecule has 1 aromatic rings. The molecule has 3 amide bonds. The van der Waals surface area contributed by atoms with Crippen LogP contribution in [-0.4, -0.2) is 24.8 Å². The number of imide groups is 1. The molecule has 1 N–H and O–H groups in total. The second-order valence-corrected chi connectivity index (χ2v) is 3.86. The Balaban J connectivity index is 2.15. The highest BCUT2D eigenvalue weighted by Gasteiger charge is 2.24. The fourth-order valence-corrected chi connectivity index (χ4v) is 1.69. The lowest BCUT2D eigenvalue weighted by molar-refractivity contribution is -0.121. The van der Waals surface area contributed by atoms with Gasteiger partial charge in [0.1, 0.15) is 0 Å². The smallest absolute Gasteiger partial charge is 0.258 e. The molecule has 1 aliphatic rings. The zero-order valence-corrected chi connectivity index (χ0v) is 9.84. The van der Waals surface area contributed by atoms with E-state index in [1.165, 1.54) is 12.2 Å². The first-order chi connectivity index (χ1) is 8.61. The topological polar surface area (TPSA) is 66.5 Å². The van der Waals surface area contributed by atoms with Crippen molar-refractivity contribution in [1.29, 1.82) is 0 Å². The standard InChI is InChI=1S/C13H12N2O3/c1-14-11(16)8-9-2-4-10(5-3-9)15-12(17)6-7-13(15)18/h2-7H,8H2,1H3,(H,14,16). The molecule has 92 valence electrons. The van der Waals surface area contributed by atoms with Crippen LogP contribution >= 0.6 is 0 Å². The molecule has 0 bridgehead atoms. The maximum Gasteiger partial charge on any atom is 0.258 e. The third-order valence-electron chi connectivity index (χ3n) is 2.65.